The lowest BCUT2D eigenvalue weighted by atomic mass is 10.0. The van der Waals surface area contributed by atoms with Crippen molar-refractivity contribution in [2.75, 3.05) is 5.75 Å². The van der Waals surface area contributed by atoms with Gasteiger partial charge in [0.25, 0.3) is 0 Å². The van der Waals surface area contributed by atoms with E-state index in [0.29, 0.717) is 5.56 Å². The molecular formula is C21H22O5S. The van der Waals surface area contributed by atoms with Gasteiger partial charge in [0, 0.05) is 5.56 Å². The lowest BCUT2D eigenvalue weighted by molar-refractivity contribution is -0.145. The normalized spacial score (nSPS) is 14.4. The highest BCUT2D eigenvalue weighted by atomic mass is 32.2. The molecule has 0 bridgehead atoms. The van der Waals surface area contributed by atoms with Crippen molar-refractivity contribution in [3.8, 4) is 0 Å². The number of sulfone groups is 1. The molecule has 142 valence electrons. The fourth-order valence-electron chi connectivity index (χ4n) is 3.23. The van der Waals surface area contributed by atoms with Gasteiger partial charge in [0.15, 0.2) is 15.9 Å². The van der Waals surface area contributed by atoms with E-state index in [4.69, 9.17) is 4.74 Å². The Morgan fingerprint density at radius 1 is 1.04 bits per heavy atom. The van der Waals surface area contributed by atoms with Crippen LogP contribution in [0.5, 0.6) is 0 Å². The molecule has 0 aromatic heterocycles. The van der Waals surface area contributed by atoms with Crippen LogP contribution < -0.4 is 0 Å². The molecule has 27 heavy (non-hydrogen) atoms. The number of Topliss-reactive ketones (excluding diaryl/α,β-unsaturated/α-hetero) is 1. The van der Waals surface area contributed by atoms with Crippen molar-refractivity contribution in [1.29, 1.82) is 0 Å². The van der Waals surface area contributed by atoms with Crippen LogP contribution in [0.15, 0.2) is 53.4 Å². The van der Waals surface area contributed by atoms with E-state index < -0.39 is 21.9 Å². The number of ketones is 1. The maximum atomic E-state index is 12.5. The zero-order valence-corrected chi connectivity index (χ0v) is 16.0. The van der Waals surface area contributed by atoms with Gasteiger partial charge < -0.3 is 4.74 Å². The van der Waals surface area contributed by atoms with Gasteiger partial charge in [-0.25, -0.2) is 8.42 Å². The first-order valence-corrected chi connectivity index (χ1v) is 10.7. The number of hydrogen-bond donors (Lipinski definition) is 0. The van der Waals surface area contributed by atoms with E-state index >= 15 is 0 Å². The predicted octanol–water partition coefficient (Wildman–Crippen LogP) is 3.15. The number of rotatable bonds is 7. The smallest absolute Gasteiger partial charge is 0.307 e. The molecule has 6 heteroatoms. The molecule has 5 nitrogen and oxygen atoms in total. The Bertz CT molecular complexity index is 948. The van der Waals surface area contributed by atoms with Crippen LogP contribution in [0.25, 0.3) is 0 Å². The first kappa shape index (κ1) is 19.3. The third-order valence-electron chi connectivity index (χ3n) is 4.74. The third-order valence-corrected chi connectivity index (χ3v) is 6.47. The molecule has 0 radical (unpaired) electrons. The highest BCUT2D eigenvalue weighted by molar-refractivity contribution is 7.91. The highest BCUT2D eigenvalue weighted by Crippen LogP contribution is 2.23. The van der Waals surface area contributed by atoms with E-state index in [-0.39, 0.29) is 22.9 Å². The maximum absolute atomic E-state index is 12.5. The second-order valence-corrected chi connectivity index (χ2v) is 8.82. The number of hydrogen-bond acceptors (Lipinski definition) is 5. The number of fused-ring (bicyclic) bond motifs is 1. The molecule has 0 unspecified atom stereocenters. The van der Waals surface area contributed by atoms with Crippen LogP contribution in [0.3, 0.4) is 0 Å². The largest absolute Gasteiger partial charge is 0.454 e. The molecule has 3 rings (SSSR count). The summed E-state index contributed by atoms with van der Waals surface area (Å²) in [5.41, 5.74) is 2.96. The Morgan fingerprint density at radius 3 is 2.48 bits per heavy atom. The van der Waals surface area contributed by atoms with Crippen LogP contribution in [-0.4, -0.2) is 32.0 Å². The fourth-order valence-corrected chi connectivity index (χ4v) is 4.48. The van der Waals surface area contributed by atoms with E-state index in [0.717, 1.165) is 19.3 Å². The van der Waals surface area contributed by atoms with Gasteiger partial charge in [-0.05, 0) is 55.5 Å². The van der Waals surface area contributed by atoms with Crippen molar-refractivity contribution in [1.82, 2.24) is 0 Å². The minimum Gasteiger partial charge on any atom is -0.454 e. The predicted molar refractivity (Wildman–Crippen MR) is 101 cm³/mol. The van der Waals surface area contributed by atoms with Crippen LogP contribution in [0.2, 0.25) is 0 Å². The van der Waals surface area contributed by atoms with Crippen molar-refractivity contribution in [3.63, 3.8) is 0 Å². The summed E-state index contributed by atoms with van der Waals surface area (Å²) in [5.74, 6) is -1.32. The maximum Gasteiger partial charge on any atom is 0.307 e. The van der Waals surface area contributed by atoms with Crippen molar-refractivity contribution in [2.45, 2.75) is 43.6 Å². The SMILES string of the molecule is C[C@H](OC(=O)CCS(=O)(=O)c1ccccc1)C(=O)c1ccc2c(c1)CCC2. The Labute approximate surface area is 159 Å². The summed E-state index contributed by atoms with van der Waals surface area (Å²) >= 11 is 0. The van der Waals surface area contributed by atoms with Gasteiger partial charge in [-0.3, -0.25) is 9.59 Å². The Hall–Kier alpha value is -2.47. The number of carbonyl (C=O) groups is 2. The zero-order chi connectivity index (χ0) is 19.4. The van der Waals surface area contributed by atoms with Crippen LogP contribution in [-0.2, 0) is 32.2 Å². The first-order valence-electron chi connectivity index (χ1n) is 9.00. The van der Waals surface area contributed by atoms with Gasteiger partial charge in [0.1, 0.15) is 0 Å². The molecule has 2 aromatic rings. The van der Waals surface area contributed by atoms with E-state index in [2.05, 4.69) is 0 Å². The standard InChI is InChI=1S/C21H22O5S/c1-15(21(23)18-11-10-16-6-5-7-17(16)14-18)26-20(22)12-13-27(24,25)19-8-3-2-4-9-19/h2-4,8-11,14-15H,5-7,12-13H2,1H3/t15-/m0/s1. The van der Waals surface area contributed by atoms with Crippen molar-refractivity contribution >= 4 is 21.6 Å². The topological polar surface area (TPSA) is 77.5 Å². The minimum absolute atomic E-state index is 0.167. The van der Waals surface area contributed by atoms with E-state index in [9.17, 15) is 18.0 Å². The number of aryl methyl sites for hydroxylation is 2. The lowest BCUT2D eigenvalue weighted by Gasteiger charge is -2.13. The van der Waals surface area contributed by atoms with Crippen LogP contribution in [0.4, 0.5) is 0 Å². The van der Waals surface area contributed by atoms with Crippen molar-refractivity contribution < 1.29 is 22.7 Å². The molecule has 0 fully saturated rings. The van der Waals surface area contributed by atoms with E-state index in [1.807, 2.05) is 12.1 Å². The zero-order valence-electron chi connectivity index (χ0n) is 15.2. The van der Waals surface area contributed by atoms with E-state index in [1.54, 1.807) is 24.3 Å². The second-order valence-electron chi connectivity index (χ2n) is 6.72. The van der Waals surface area contributed by atoms with E-state index in [1.165, 1.54) is 30.2 Å². The summed E-state index contributed by atoms with van der Waals surface area (Å²) in [6, 6.07) is 13.5. The third kappa shape index (κ3) is 4.63. The molecule has 2 aromatic carbocycles. The molecule has 0 spiro atoms. The molecule has 0 amide bonds. The quantitative estimate of drug-likeness (QED) is 0.540. The Kier molecular flexibility index (Phi) is 5.75. The molecule has 1 aliphatic carbocycles. The average molecular weight is 386 g/mol. The minimum atomic E-state index is -3.56. The van der Waals surface area contributed by atoms with Crippen LogP contribution >= 0.6 is 0 Å². The number of benzene rings is 2. The summed E-state index contributed by atoms with van der Waals surface area (Å²) < 4.78 is 29.6. The number of carbonyl (C=O) groups excluding carboxylic acids is 2. The van der Waals surface area contributed by atoms with Crippen LogP contribution in [0.1, 0.15) is 41.3 Å². The fraction of sp³-hybridized carbons (Fsp3) is 0.333. The average Bonchev–Trinajstić information content (AvgIpc) is 3.14. The van der Waals surface area contributed by atoms with Crippen molar-refractivity contribution in [2.24, 2.45) is 0 Å². The molecule has 1 atom stereocenters. The Balaban J connectivity index is 1.56. The summed E-state index contributed by atoms with van der Waals surface area (Å²) in [6.07, 6.45) is 1.84. The monoisotopic (exact) mass is 386 g/mol. The number of ether oxygens (including phenoxy) is 1. The molecule has 0 saturated carbocycles. The highest BCUT2D eigenvalue weighted by Gasteiger charge is 2.23. The molecule has 0 saturated heterocycles. The van der Waals surface area contributed by atoms with Gasteiger partial charge >= 0.3 is 5.97 Å². The van der Waals surface area contributed by atoms with Gasteiger partial charge in [-0.15, -0.1) is 0 Å². The summed E-state index contributed by atoms with van der Waals surface area (Å²) in [7, 11) is -3.56. The molecule has 0 N–H and O–H groups in total. The Morgan fingerprint density at radius 2 is 1.74 bits per heavy atom. The van der Waals surface area contributed by atoms with Gasteiger partial charge in [0.2, 0.25) is 5.78 Å². The first-order chi connectivity index (χ1) is 12.9. The van der Waals surface area contributed by atoms with Gasteiger partial charge in [0.05, 0.1) is 17.1 Å². The molecule has 0 heterocycles. The molecule has 0 aliphatic heterocycles. The van der Waals surface area contributed by atoms with Crippen LogP contribution in [0, 0.1) is 0 Å². The molecule has 1 aliphatic rings. The summed E-state index contributed by atoms with van der Waals surface area (Å²) in [5, 5.41) is 0. The van der Waals surface area contributed by atoms with Crippen molar-refractivity contribution in [3.05, 3.63) is 65.2 Å². The lowest BCUT2D eigenvalue weighted by Crippen LogP contribution is -2.25. The number of esters is 1. The van der Waals surface area contributed by atoms with Gasteiger partial charge in [-0.1, -0.05) is 30.3 Å². The molecular weight excluding hydrogens is 364 g/mol. The summed E-state index contributed by atoms with van der Waals surface area (Å²) in [6.45, 7) is 1.51. The second kappa shape index (κ2) is 8.05. The van der Waals surface area contributed by atoms with Gasteiger partial charge in [-0.2, -0.15) is 0 Å². The summed E-state index contributed by atoms with van der Waals surface area (Å²) in [4.78, 5) is 24.7.